The molecule has 1 amide bonds. The highest BCUT2D eigenvalue weighted by Crippen LogP contribution is 2.32. The molecule has 8 heteroatoms. The number of amides is 1. The van der Waals surface area contributed by atoms with Gasteiger partial charge in [-0.15, -0.1) is 0 Å². The second kappa shape index (κ2) is 5.59. The minimum Gasteiger partial charge on any atom is -0.445 e. The smallest absolute Gasteiger partial charge is 0.409 e. The van der Waals surface area contributed by atoms with E-state index in [4.69, 9.17) is 49.0 Å². The van der Waals surface area contributed by atoms with E-state index in [1.54, 1.807) is 4.90 Å². The van der Waals surface area contributed by atoms with E-state index in [2.05, 4.69) is 0 Å². The topological polar surface area (TPSA) is 48.0 Å². The van der Waals surface area contributed by atoms with Crippen LogP contribution in [0.15, 0.2) is 0 Å². The highest BCUT2D eigenvalue weighted by molar-refractivity contribution is 6.67. The Morgan fingerprint density at radius 1 is 1.22 bits per heavy atom. The van der Waals surface area contributed by atoms with E-state index in [0.717, 1.165) is 0 Å². The molecule has 2 heterocycles. The highest BCUT2D eigenvalue weighted by atomic mass is 35.6. The van der Waals surface area contributed by atoms with Crippen molar-refractivity contribution in [3.63, 3.8) is 0 Å². The lowest BCUT2D eigenvalue weighted by atomic mass is 10.0. The van der Waals surface area contributed by atoms with Crippen molar-refractivity contribution in [2.24, 2.45) is 0 Å². The van der Waals surface area contributed by atoms with Crippen molar-refractivity contribution in [2.45, 2.75) is 22.4 Å². The Kier molecular flexibility index (Phi) is 4.49. The van der Waals surface area contributed by atoms with Crippen molar-refractivity contribution in [2.75, 3.05) is 32.9 Å². The van der Waals surface area contributed by atoms with Crippen LogP contribution in [0.3, 0.4) is 0 Å². The second-order valence-electron chi connectivity index (χ2n) is 4.26. The van der Waals surface area contributed by atoms with E-state index in [1.165, 1.54) is 0 Å². The third-order valence-corrected chi connectivity index (χ3v) is 3.28. The quantitative estimate of drug-likeness (QED) is 0.696. The summed E-state index contributed by atoms with van der Waals surface area (Å²) >= 11 is 16.5. The first-order chi connectivity index (χ1) is 8.40. The number of piperidine rings is 1. The number of likely N-dealkylation sites (tertiary alicyclic amines) is 1. The zero-order valence-electron chi connectivity index (χ0n) is 9.66. The molecule has 2 fully saturated rings. The first-order valence-electron chi connectivity index (χ1n) is 5.67. The number of hydrogen-bond donors (Lipinski definition) is 0. The van der Waals surface area contributed by atoms with E-state index >= 15 is 0 Å². The van der Waals surface area contributed by atoms with Crippen LogP contribution in [0.4, 0.5) is 4.79 Å². The lowest BCUT2D eigenvalue weighted by molar-refractivity contribution is -0.182. The fourth-order valence-corrected chi connectivity index (χ4v) is 2.21. The Morgan fingerprint density at radius 3 is 2.28 bits per heavy atom. The number of alkyl halides is 3. The summed E-state index contributed by atoms with van der Waals surface area (Å²) in [5, 5.41) is 0. The van der Waals surface area contributed by atoms with Gasteiger partial charge >= 0.3 is 6.09 Å². The monoisotopic (exact) mass is 317 g/mol. The predicted molar refractivity (Wildman–Crippen MR) is 67.1 cm³/mol. The Bertz CT molecular complexity index is 305. The predicted octanol–water partition coefficient (Wildman–Crippen LogP) is 2.33. The van der Waals surface area contributed by atoms with Gasteiger partial charge in [0.05, 0.1) is 13.2 Å². The zero-order valence-corrected chi connectivity index (χ0v) is 11.9. The van der Waals surface area contributed by atoms with E-state index in [-0.39, 0.29) is 6.61 Å². The van der Waals surface area contributed by atoms with Crippen LogP contribution in [-0.2, 0) is 14.2 Å². The van der Waals surface area contributed by atoms with Gasteiger partial charge in [0.1, 0.15) is 6.61 Å². The number of ether oxygens (including phenoxy) is 3. The molecule has 2 aliphatic rings. The molecule has 0 aromatic rings. The summed E-state index contributed by atoms with van der Waals surface area (Å²) in [6.07, 6.45) is 0.792. The van der Waals surface area contributed by atoms with Gasteiger partial charge in [-0.3, -0.25) is 0 Å². The molecular weight excluding hydrogens is 304 g/mol. The normalized spacial score (nSPS) is 23.4. The minimum absolute atomic E-state index is 0.259. The third-order valence-electron chi connectivity index (χ3n) is 2.96. The number of nitrogens with zero attached hydrogens (tertiary/aromatic N) is 1. The summed E-state index contributed by atoms with van der Waals surface area (Å²) in [6.45, 7) is 1.98. The van der Waals surface area contributed by atoms with Crippen molar-refractivity contribution in [3.8, 4) is 0 Å². The van der Waals surface area contributed by atoms with Gasteiger partial charge in [0, 0.05) is 25.9 Å². The van der Waals surface area contributed by atoms with Crippen LogP contribution < -0.4 is 0 Å². The number of halogens is 3. The summed E-state index contributed by atoms with van der Waals surface area (Å²) in [5.41, 5.74) is 0. The maximum Gasteiger partial charge on any atom is 0.409 e. The summed E-state index contributed by atoms with van der Waals surface area (Å²) in [5.74, 6) is -0.508. The molecule has 0 radical (unpaired) electrons. The van der Waals surface area contributed by atoms with Crippen molar-refractivity contribution < 1.29 is 19.0 Å². The van der Waals surface area contributed by atoms with Crippen molar-refractivity contribution >= 4 is 40.9 Å². The van der Waals surface area contributed by atoms with Crippen molar-refractivity contribution in [1.29, 1.82) is 0 Å². The molecule has 2 saturated heterocycles. The Balaban J connectivity index is 1.77. The maximum atomic E-state index is 11.7. The number of carbonyl (C=O) groups excluding carboxylic acids is 1. The molecule has 2 rings (SSSR count). The highest BCUT2D eigenvalue weighted by Gasteiger charge is 2.41. The van der Waals surface area contributed by atoms with Gasteiger partial charge in [0.2, 0.25) is 3.79 Å². The van der Waals surface area contributed by atoms with Crippen LogP contribution >= 0.6 is 34.8 Å². The first-order valence-corrected chi connectivity index (χ1v) is 6.80. The molecule has 0 unspecified atom stereocenters. The van der Waals surface area contributed by atoms with Gasteiger partial charge in [0.15, 0.2) is 5.79 Å². The molecule has 0 aromatic heterocycles. The van der Waals surface area contributed by atoms with Crippen molar-refractivity contribution in [3.05, 3.63) is 0 Å². The third kappa shape index (κ3) is 3.78. The summed E-state index contributed by atoms with van der Waals surface area (Å²) < 4.78 is 14.4. The van der Waals surface area contributed by atoms with Crippen LogP contribution in [0.1, 0.15) is 12.8 Å². The lowest BCUT2D eigenvalue weighted by Crippen LogP contribution is -2.47. The van der Waals surface area contributed by atoms with Gasteiger partial charge in [-0.2, -0.15) is 0 Å². The summed E-state index contributed by atoms with van der Waals surface area (Å²) in [4.78, 5) is 13.3. The number of carbonyl (C=O) groups is 1. The van der Waals surface area contributed by atoms with Crippen LogP contribution in [0.25, 0.3) is 0 Å². The van der Waals surface area contributed by atoms with Gasteiger partial charge in [-0.25, -0.2) is 4.79 Å². The largest absolute Gasteiger partial charge is 0.445 e. The molecule has 0 N–H and O–H groups in total. The lowest BCUT2D eigenvalue weighted by Gasteiger charge is -2.37. The van der Waals surface area contributed by atoms with Gasteiger partial charge < -0.3 is 19.1 Å². The van der Waals surface area contributed by atoms with Gasteiger partial charge in [0.25, 0.3) is 0 Å². The van der Waals surface area contributed by atoms with E-state index in [0.29, 0.717) is 39.1 Å². The molecule has 0 bridgehead atoms. The van der Waals surface area contributed by atoms with Gasteiger partial charge in [-0.1, -0.05) is 34.8 Å². The zero-order chi connectivity index (χ0) is 13.2. The Morgan fingerprint density at radius 2 is 1.78 bits per heavy atom. The minimum atomic E-state index is -1.58. The van der Waals surface area contributed by atoms with E-state index in [9.17, 15) is 4.79 Å². The average molecular weight is 319 g/mol. The molecule has 5 nitrogen and oxygen atoms in total. The molecule has 0 saturated carbocycles. The Hall–Kier alpha value is 0.0600. The fraction of sp³-hybridized carbons (Fsp3) is 0.900. The van der Waals surface area contributed by atoms with Crippen molar-refractivity contribution in [1.82, 2.24) is 4.90 Å². The van der Waals surface area contributed by atoms with E-state index < -0.39 is 15.7 Å². The van der Waals surface area contributed by atoms with Crippen LogP contribution in [0.5, 0.6) is 0 Å². The molecule has 0 aliphatic carbocycles. The fourth-order valence-electron chi connectivity index (χ4n) is 2.05. The molecule has 0 atom stereocenters. The maximum absolute atomic E-state index is 11.7. The molecule has 0 aromatic carbocycles. The molecule has 1 spiro atoms. The molecular formula is C10H14Cl3NO4. The average Bonchev–Trinajstić information content (AvgIpc) is 2.75. The van der Waals surface area contributed by atoms with E-state index in [1.807, 2.05) is 0 Å². The SMILES string of the molecule is O=C(OCC(Cl)(Cl)Cl)N1CCC2(CC1)OCCO2. The molecule has 104 valence electrons. The summed E-state index contributed by atoms with van der Waals surface area (Å²) in [6, 6.07) is 0. The van der Waals surface area contributed by atoms with Gasteiger partial charge in [-0.05, 0) is 0 Å². The standard InChI is InChI=1S/C10H14Cl3NO4/c11-10(12,13)7-16-8(15)14-3-1-9(2-4-14)17-5-6-18-9/h1-7H2. The van der Waals surface area contributed by atoms with Crippen LogP contribution in [0, 0.1) is 0 Å². The van der Waals surface area contributed by atoms with Crippen LogP contribution in [-0.4, -0.2) is 53.5 Å². The number of rotatable bonds is 1. The Labute approximate surface area is 120 Å². The summed E-state index contributed by atoms with van der Waals surface area (Å²) in [7, 11) is 0. The first kappa shape index (κ1) is 14.5. The number of hydrogen-bond acceptors (Lipinski definition) is 4. The molecule has 18 heavy (non-hydrogen) atoms. The molecule has 2 aliphatic heterocycles. The second-order valence-corrected chi connectivity index (χ2v) is 6.78. The van der Waals surface area contributed by atoms with Crippen LogP contribution in [0.2, 0.25) is 0 Å².